The SMILES string of the molecule is c1ccc(-c2ccc(N(c3cccc(-c4cccc5oc6c7ccccc7ccc6c45)c3)c3cccc(-c4cccc5c4c4ccccc4n5-c4ccccc4)c3)cc2)cc1. The molecule has 0 aliphatic rings. The van der Waals surface area contributed by atoms with E-state index in [1.807, 2.05) is 0 Å². The van der Waals surface area contributed by atoms with Crippen LogP contribution in [0.4, 0.5) is 17.1 Å². The molecule has 0 saturated heterocycles. The minimum atomic E-state index is 0.887. The Labute approximate surface area is 353 Å². The summed E-state index contributed by atoms with van der Waals surface area (Å²) in [6.07, 6.45) is 0. The van der Waals surface area contributed by atoms with Crippen molar-refractivity contribution in [3.8, 4) is 39.1 Å². The predicted octanol–water partition coefficient (Wildman–Crippen LogP) is 16.3. The van der Waals surface area contributed by atoms with Crippen LogP contribution in [-0.2, 0) is 0 Å². The zero-order chi connectivity index (χ0) is 40.3. The van der Waals surface area contributed by atoms with Crippen LogP contribution < -0.4 is 4.90 Å². The number of hydrogen-bond donors (Lipinski definition) is 0. The number of para-hydroxylation sites is 2. The Morgan fingerprint density at radius 2 is 0.918 bits per heavy atom. The van der Waals surface area contributed by atoms with Crippen LogP contribution in [-0.4, -0.2) is 4.57 Å². The van der Waals surface area contributed by atoms with Crippen LogP contribution in [0.25, 0.3) is 93.6 Å². The van der Waals surface area contributed by atoms with E-state index in [9.17, 15) is 0 Å². The summed E-state index contributed by atoms with van der Waals surface area (Å²) in [5.74, 6) is 0. The number of anilines is 3. The van der Waals surface area contributed by atoms with Crippen LogP contribution in [0.15, 0.2) is 235 Å². The summed E-state index contributed by atoms with van der Waals surface area (Å²) in [5.41, 5.74) is 15.6. The fourth-order valence-electron chi connectivity index (χ4n) is 9.42. The van der Waals surface area contributed by atoms with Gasteiger partial charge < -0.3 is 13.9 Å². The van der Waals surface area contributed by atoms with E-state index in [0.717, 1.165) is 66.8 Å². The number of rotatable bonds is 7. The molecule has 12 rings (SSSR count). The van der Waals surface area contributed by atoms with Crippen molar-refractivity contribution in [1.29, 1.82) is 0 Å². The third-order valence-electron chi connectivity index (χ3n) is 12.2. The molecule has 0 unspecified atom stereocenters. The van der Waals surface area contributed by atoms with Gasteiger partial charge in [0.05, 0.1) is 11.0 Å². The second kappa shape index (κ2) is 14.3. The van der Waals surface area contributed by atoms with Crippen LogP contribution in [0.1, 0.15) is 0 Å². The molecule has 0 aliphatic heterocycles. The lowest BCUT2D eigenvalue weighted by atomic mass is 9.97. The van der Waals surface area contributed by atoms with E-state index in [-0.39, 0.29) is 0 Å². The Kier molecular flexibility index (Phi) is 8.17. The predicted molar refractivity (Wildman–Crippen MR) is 257 cm³/mol. The maximum absolute atomic E-state index is 6.62. The molecule has 10 aromatic carbocycles. The first-order valence-corrected chi connectivity index (χ1v) is 20.8. The fraction of sp³-hybridized carbons (Fsp3) is 0. The number of furan rings is 1. The lowest BCUT2D eigenvalue weighted by Gasteiger charge is -2.27. The summed E-state index contributed by atoms with van der Waals surface area (Å²) >= 11 is 0. The first kappa shape index (κ1) is 34.9. The van der Waals surface area contributed by atoms with Gasteiger partial charge in [0.25, 0.3) is 0 Å². The first-order chi connectivity index (χ1) is 30.3. The van der Waals surface area contributed by atoms with E-state index in [2.05, 4.69) is 240 Å². The second-order valence-electron chi connectivity index (χ2n) is 15.7. The van der Waals surface area contributed by atoms with Crippen molar-refractivity contribution < 1.29 is 4.42 Å². The maximum atomic E-state index is 6.62. The lowest BCUT2D eigenvalue weighted by Crippen LogP contribution is -2.10. The van der Waals surface area contributed by atoms with Gasteiger partial charge in [0.1, 0.15) is 11.2 Å². The smallest absolute Gasteiger partial charge is 0.143 e. The van der Waals surface area contributed by atoms with E-state index in [1.54, 1.807) is 0 Å². The van der Waals surface area contributed by atoms with Crippen LogP contribution in [0.3, 0.4) is 0 Å². The summed E-state index contributed by atoms with van der Waals surface area (Å²) < 4.78 is 9.00. The van der Waals surface area contributed by atoms with E-state index in [0.29, 0.717) is 0 Å². The summed E-state index contributed by atoms with van der Waals surface area (Å²) in [7, 11) is 0. The molecule has 3 nitrogen and oxygen atoms in total. The molecule has 12 aromatic rings. The molecular weight excluding hydrogens is 741 g/mol. The highest BCUT2D eigenvalue weighted by molar-refractivity contribution is 6.19. The number of nitrogens with zero attached hydrogens (tertiary/aromatic N) is 2. The Morgan fingerprint density at radius 1 is 0.344 bits per heavy atom. The van der Waals surface area contributed by atoms with Crippen molar-refractivity contribution in [2.45, 2.75) is 0 Å². The molecule has 286 valence electrons. The molecule has 0 aliphatic carbocycles. The molecule has 0 saturated carbocycles. The summed E-state index contributed by atoms with van der Waals surface area (Å²) in [4.78, 5) is 2.39. The molecule has 0 radical (unpaired) electrons. The average Bonchev–Trinajstić information content (AvgIpc) is 3.89. The standard InChI is InChI=1S/C58H38N2O/c1-3-15-39(16-4-1)40-31-34-45(35-32-40)59(47-23-12-19-43(38-47)49-27-14-30-55-57(49)52-36-33-41-17-7-8-24-50(41)58(52)61-55)46-22-11-18-42(37-46)48-26-13-29-54-56(48)51-25-9-10-28-53(51)60(54)44-20-5-2-6-21-44/h1-38H. The lowest BCUT2D eigenvalue weighted by molar-refractivity contribution is 0.673. The molecule has 0 spiro atoms. The monoisotopic (exact) mass is 778 g/mol. The maximum Gasteiger partial charge on any atom is 0.143 e. The zero-order valence-corrected chi connectivity index (χ0v) is 33.2. The fourth-order valence-corrected chi connectivity index (χ4v) is 9.42. The minimum Gasteiger partial charge on any atom is -0.455 e. The highest BCUT2D eigenvalue weighted by Gasteiger charge is 2.20. The Hall–Kier alpha value is -8.14. The van der Waals surface area contributed by atoms with Gasteiger partial charge in [0.2, 0.25) is 0 Å². The van der Waals surface area contributed by atoms with Gasteiger partial charge in [0, 0.05) is 49.7 Å². The Bertz CT molecular complexity index is 3580. The van der Waals surface area contributed by atoms with Gasteiger partial charge in [-0.2, -0.15) is 0 Å². The molecule has 3 heteroatoms. The molecule has 61 heavy (non-hydrogen) atoms. The van der Waals surface area contributed by atoms with Gasteiger partial charge >= 0.3 is 0 Å². The molecule has 0 amide bonds. The van der Waals surface area contributed by atoms with Crippen molar-refractivity contribution in [2.24, 2.45) is 0 Å². The van der Waals surface area contributed by atoms with Crippen molar-refractivity contribution >= 4 is 71.6 Å². The quantitative estimate of drug-likeness (QED) is 0.161. The van der Waals surface area contributed by atoms with Crippen LogP contribution in [0.2, 0.25) is 0 Å². The molecule has 0 fully saturated rings. The summed E-state index contributed by atoms with van der Waals surface area (Å²) in [6, 6.07) is 82.9. The van der Waals surface area contributed by atoms with Crippen molar-refractivity contribution in [1.82, 2.24) is 4.57 Å². The van der Waals surface area contributed by atoms with Crippen molar-refractivity contribution in [3.63, 3.8) is 0 Å². The number of aromatic nitrogens is 1. The second-order valence-corrected chi connectivity index (χ2v) is 15.7. The largest absolute Gasteiger partial charge is 0.455 e. The Balaban J connectivity index is 1.04. The van der Waals surface area contributed by atoms with Crippen molar-refractivity contribution in [2.75, 3.05) is 4.90 Å². The summed E-state index contributed by atoms with van der Waals surface area (Å²) in [5, 5.41) is 7.03. The number of fused-ring (bicyclic) bond motifs is 8. The van der Waals surface area contributed by atoms with E-state index < -0.39 is 0 Å². The van der Waals surface area contributed by atoms with Crippen molar-refractivity contribution in [3.05, 3.63) is 231 Å². The molecule has 0 bridgehead atoms. The van der Waals surface area contributed by atoms with Crippen LogP contribution in [0.5, 0.6) is 0 Å². The molecule has 0 N–H and O–H groups in total. The van der Waals surface area contributed by atoms with Gasteiger partial charge in [-0.25, -0.2) is 0 Å². The molecule has 2 aromatic heterocycles. The summed E-state index contributed by atoms with van der Waals surface area (Å²) in [6.45, 7) is 0. The van der Waals surface area contributed by atoms with E-state index >= 15 is 0 Å². The van der Waals surface area contributed by atoms with Gasteiger partial charge in [-0.15, -0.1) is 0 Å². The molecule has 2 heterocycles. The topological polar surface area (TPSA) is 21.3 Å². The van der Waals surface area contributed by atoms with E-state index in [1.165, 1.54) is 43.9 Å². The molecular formula is C58H38N2O. The third kappa shape index (κ3) is 5.82. The van der Waals surface area contributed by atoms with Crippen LogP contribution >= 0.6 is 0 Å². The van der Waals surface area contributed by atoms with E-state index in [4.69, 9.17) is 4.42 Å². The Morgan fingerprint density at radius 3 is 1.67 bits per heavy atom. The average molecular weight is 779 g/mol. The highest BCUT2D eigenvalue weighted by atomic mass is 16.3. The number of hydrogen-bond acceptors (Lipinski definition) is 2. The van der Waals surface area contributed by atoms with Gasteiger partial charge in [-0.1, -0.05) is 158 Å². The van der Waals surface area contributed by atoms with Gasteiger partial charge in [-0.3, -0.25) is 0 Å². The minimum absolute atomic E-state index is 0.887. The van der Waals surface area contributed by atoms with Gasteiger partial charge in [0.15, 0.2) is 0 Å². The third-order valence-corrected chi connectivity index (χ3v) is 12.2. The highest BCUT2D eigenvalue weighted by Crippen LogP contribution is 2.44. The molecule has 0 atom stereocenters. The van der Waals surface area contributed by atoms with Gasteiger partial charge in [-0.05, 0) is 112 Å². The normalized spacial score (nSPS) is 11.6. The first-order valence-electron chi connectivity index (χ1n) is 20.8. The number of benzene rings is 10. The zero-order valence-electron chi connectivity index (χ0n) is 33.2. The van der Waals surface area contributed by atoms with Crippen LogP contribution in [0, 0.1) is 0 Å².